The molecule has 1 N–H and O–H groups in total. The Kier molecular flexibility index (Phi) is 6.00. The molecule has 2 aromatic carbocycles. The highest BCUT2D eigenvalue weighted by molar-refractivity contribution is 8.00. The monoisotopic (exact) mass is 425 g/mol. The number of hydrogen-bond donors (Lipinski definition) is 1. The molecule has 0 bridgehead atoms. The van der Waals surface area contributed by atoms with Crippen LogP contribution >= 0.6 is 23.4 Å². The first kappa shape index (κ1) is 20.3. The Morgan fingerprint density at radius 3 is 2.32 bits per heavy atom. The third-order valence-electron chi connectivity index (χ3n) is 3.95. The maximum atomic E-state index is 12.7. The molecular formula is C19H15ClF3N3OS. The predicted octanol–water partition coefficient (Wildman–Crippen LogP) is 5.20. The minimum absolute atomic E-state index is 0.0161. The van der Waals surface area contributed by atoms with Gasteiger partial charge in [0.25, 0.3) is 5.91 Å². The topological polar surface area (TPSA) is 46.9 Å². The summed E-state index contributed by atoms with van der Waals surface area (Å²) in [5.74, 6) is 0.187. The second kappa shape index (κ2) is 8.28. The van der Waals surface area contributed by atoms with Gasteiger partial charge in [-0.1, -0.05) is 23.7 Å². The van der Waals surface area contributed by atoms with Crippen LogP contribution in [0.2, 0.25) is 5.02 Å². The minimum atomic E-state index is -4.37. The number of aromatic nitrogens is 2. The molecule has 0 radical (unpaired) electrons. The first-order chi connectivity index (χ1) is 13.2. The summed E-state index contributed by atoms with van der Waals surface area (Å²) >= 11 is 5.72. The Labute approximate surface area is 168 Å². The molecule has 0 spiro atoms. The summed E-state index contributed by atoms with van der Waals surface area (Å²) in [6.07, 6.45) is 3.38. The third kappa shape index (κ3) is 5.08. The zero-order valence-electron chi connectivity index (χ0n) is 14.6. The molecule has 3 rings (SSSR count). The lowest BCUT2D eigenvalue weighted by molar-refractivity contribution is -0.0328. The number of halogens is 4. The Hall–Kier alpha value is -2.45. The number of benzene rings is 2. The molecule has 4 nitrogen and oxygen atoms in total. The Balaban J connectivity index is 1.83. The number of nitrogens with zero attached hydrogens (tertiary/aromatic N) is 2. The van der Waals surface area contributed by atoms with Gasteiger partial charge in [0.2, 0.25) is 0 Å². The van der Waals surface area contributed by atoms with E-state index in [1.807, 2.05) is 0 Å². The summed E-state index contributed by atoms with van der Waals surface area (Å²) < 4.78 is 39.1. The smallest absolute Gasteiger partial charge is 0.338 e. The van der Waals surface area contributed by atoms with E-state index in [1.54, 1.807) is 48.3 Å². The quantitative estimate of drug-likeness (QED) is 0.571. The van der Waals surface area contributed by atoms with Crippen molar-refractivity contribution in [2.24, 2.45) is 7.05 Å². The van der Waals surface area contributed by atoms with Crippen molar-refractivity contribution in [1.29, 1.82) is 0 Å². The lowest BCUT2D eigenvalue weighted by Gasteiger charge is -2.19. The number of thioether (sulfide) groups is 1. The number of aryl methyl sites for hydroxylation is 1. The van der Waals surface area contributed by atoms with Gasteiger partial charge >= 0.3 is 5.51 Å². The second-order valence-electron chi connectivity index (χ2n) is 5.93. The molecule has 1 atom stereocenters. The van der Waals surface area contributed by atoms with Gasteiger partial charge < -0.3 is 9.88 Å². The van der Waals surface area contributed by atoms with E-state index in [9.17, 15) is 18.0 Å². The molecule has 9 heteroatoms. The van der Waals surface area contributed by atoms with Crippen molar-refractivity contribution in [3.05, 3.63) is 82.9 Å². The van der Waals surface area contributed by atoms with Crippen LogP contribution in [0, 0.1) is 0 Å². The van der Waals surface area contributed by atoms with Crippen molar-refractivity contribution in [1.82, 2.24) is 14.9 Å². The molecule has 0 fully saturated rings. The van der Waals surface area contributed by atoms with Crippen LogP contribution in [0.1, 0.15) is 27.8 Å². The Bertz CT molecular complexity index is 956. The number of rotatable bonds is 5. The van der Waals surface area contributed by atoms with Gasteiger partial charge in [-0.25, -0.2) is 4.98 Å². The van der Waals surface area contributed by atoms with Gasteiger partial charge in [-0.15, -0.1) is 0 Å². The molecule has 3 aromatic rings. The summed E-state index contributed by atoms with van der Waals surface area (Å²) in [6.45, 7) is 0. The van der Waals surface area contributed by atoms with Gasteiger partial charge in [-0.05, 0) is 53.7 Å². The highest BCUT2D eigenvalue weighted by atomic mass is 35.5. The lowest BCUT2D eigenvalue weighted by atomic mass is 10.1. The Morgan fingerprint density at radius 1 is 1.14 bits per heavy atom. The van der Waals surface area contributed by atoms with E-state index in [0.29, 0.717) is 10.8 Å². The molecule has 0 aliphatic heterocycles. The molecule has 28 heavy (non-hydrogen) atoms. The van der Waals surface area contributed by atoms with Crippen LogP contribution in [-0.2, 0) is 7.05 Å². The van der Waals surface area contributed by atoms with E-state index in [-0.39, 0.29) is 22.2 Å². The highest BCUT2D eigenvalue weighted by Crippen LogP contribution is 2.36. The molecule has 0 saturated heterocycles. The fourth-order valence-corrected chi connectivity index (χ4v) is 3.30. The van der Waals surface area contributed by atoms with Gasteiger partial charge in [0.15, 0.2) is 0 Å². The Morgan fingerprint density at radius 2 is 1.79 bits per heavy atom. The average Bonchev–Trinajstić information content (AvgIpc) is 3.05. The van der Waals surface area contributed by atoms with Crippen LogP contribution in [0.25, 0.3) is 0 Å². The second-order valence-corrected chi connectivity index (χ2v) is 7.50. The molecule has 0 aliphatic carbocycles. The van der Waals surface area contributed by atoms with Crippen molar-refractivity contribution in [2.75, 3.05) is 0 Å². The fraction of sp³-hybridized carbons (Fsp3) is 0.158. The van der Waals surface area contributed by atoms with Crippen LogP contribution in [0.15, 0.2) is 65.8 Å². The molecule has 146 valence electrons. The lowest BCUT2D eigenvalue weighted by Crippen LogP contribution is -2.31. The van der Waals surface area contributed by atoms with E-state index in [0.717, 1.165) is 5.56 Å². The van der Waals surface area contributed by atoms with Gasteiger partial charge in [0.05, 0.1) is 0 Å². The normalized spacial score (nSPS) is 12.6. The maximum Gasteiger partial charge on any atom is 0.446 e. The molecule has 0 saturated carbocycles. The van der Waals surface area contributed by atoms with Crippen molar-refractivity contribution in [3.8, 4) is 0 Å². The number of carbonyl (C=O) groups is 1. The molecule has 0 aliphatic rings. The van der Waals surface area contributed by atoms with Gasteiger partial charge in [0.1, 0.15) is 11.9 Å². The summed E-state index contributed by atoms with van der Waals surface area (Å²) in [5, 5.41) is 3.45. The van der Waals surface area contributed by atoms with E-state index >= 15 is 0 Å². The molecule has 1 amide bonds. The SMILES string of the molecule is Cn1ccnc1[C@@H](NC(=O)c1ccc(SC(F)(F)F)cc1)c1ccc(Cl)cc1. The number of carbonyl (C=O) groups excluding carboxylic acids is 1. The van der Waals surface area contributed by atoms with Crippen LogP contribution < -0.4 is 5.32 Å². The molecule has 0 unspecified atom stereocenters. The first-order valence-corrected chi connectivity index (χ1v) is 9.32. The first-order valence-electron chi connectivity index (χ1n) is 8.12. The minimum Gasteiger partial charge on any atom is -0.338 e. The van der Waals surface area contributed by atoms with Crippen molar-refractivity contribution >= 4 is 29.3 Å². The molecule has 1 heterocycles. The van der Waals surface area contributed by atoms with E-state index in [4.69, 9.17) is 11.6 Å². The number of imidazole rings is 1. The largest absolute Gasteiger partial charge is 0.446 e. The van der Waals surface area contributed by atoms with Crippen molar-refractivity contribution in [3.63, 3.8) is 0 Å². The molecular weight excluding hydrogens is 411 g/mol. The van der Waals surface area contributed by atoms with Crippen molar-refractivity contribution < 1.29 is 18.0 Å². The van der Waals surface area contributed by atoms with E-state index in [2.05, 4.69) is 10.3 Å². The summed E-state index contributed by atoms with van der Waals surface area (Å²) in [4.78, 5) is 17.0. The van der Waals surface area contributed by atoms with Crippen LogP contribution in [0.3, 0.4) is 0 Å². The van der Waals surface area contributed by atoms with Crippen LogP contribution in [0.4, 0.5) is 13.2 Å². The van der Waals surface area contributed by atoms with Crippen molar-refractivity contribution in [2.45, 2.75) is 16.4 Å². The fourth-order valence-electron chi connectivity index (χ4n) is 2.63. The van der Waals surface area contributed by atoms with E-state index < -0.39 is 17.5 Å². The standard InChI is InChI=1S/C19H15ClF3N3OS/c1-26-11-10-24-17(26)16(12-2-6-14(20)7-3-12)25-18(27)13-4-8-15(9-5-13)28-19(21,22)23/h2-11,16H,1H3,(H,25,27)/t16-/m0/s1. The van der Waals surface area contributed by atoms with Gasteiger partial charge in [-0.2, -0.15) is 13.2 Å². The zero-order valence-corrected chi connectivity index (χ0v) is 16.1. The number of alkyl halides is 3. The van der Waals surface area contributed by atoms with Crippen LogP contribution in [-0.4, -0.2) is 21.0 Å². The summed E-state index contributed by atoms with van der Waals surface area (Å²) in [7, 11) is 1.81. The third-order valence-corrected chi connectivity index (χ3v) is 4.94. The highest BCUT2D eigenvalue weighted by Gasteiger charge is 2.29. The number of nitrogens with one attached hydrogen (secondary N) is 1. The zero-order chi connectivity index (χ0) is 20.3. The maximum absolute atomic E-state index is 12.7. The van der Waals surface area contributed by atoms with Gasteiger partial charge in [0, 0.05) is 34.9 Å². The predicted molar refractivity (Wildman–Crippen MR) is 102 cm³/mol. The summed E-state index contributed by atoms with van der Waals surface area (Å²) in [5.41, 5.74) is -3.35. The van der Waals surface area contributed by atoms with Gasteiger partial charge in [-0.3, -0.25) is 4.79 Å². The number of hydrogen-bond acceptors (Lipinski definition) is 3. The molecule has 1 aromatic heterocycles. The van der Waals surface area contributed by atoms with Crippen LogP contribution in [0.5, 0.6) is 0 Å². The number of amides is 1. The summed E-state index contributed by atoms with van der Waals surface area (Å²) in [6, 6.07) is 11.7. The van der Waals surface area contributed by atoms with E-state index in [1.165, 1.54) is 24.3 Å². The average molecular weight is 426 g/mol.